The number of pyridine rings is 1. The molecule has 2 saturated heterocycles. The number of hydrogen-bond donors (Lipinski definition) is 1. The second kappa shape index (κ2) is 6.73. The molecule has 116 valence electrons. The van der Waals surface area contributed by atoms with Gasteiger partial charge in [-0.2, -0.15) is 0 Å². The summed E-state index contributed by atoms with van der Waals surface area (Å²) < 4.78 is 10.8. The van der Waals surface area contributed by atoms with Gasteiger partial charge in [0.05, 0.1) is 25.5 Å². The number of aliphatic hydroxyl groups is 1. The van der Waals surface area contributed by atoms with Crippen molar-refractivity contribution in [2.45, 2.75) is 38.0 Å². The van der Waals surface area contributed by atoms with Gasteiger partial charge in [0, 0.05) is 37.4 Å². The molecule has 3 rings (SSSR count). The van der Waals surface area contributed by atoms with Gasteiger partial charge in [-0.15, -0.1) is 0 Å². The van der Waals surface area contributed by atoms with Gasteiger partial charge in [0.15, 0.2) is 0 Å². The van der Waals surface area contributed by atoms with Gasteiger partial charge in [-0.25, -0.2) is 0 Å². The highest BCUT2D eigenvalue weighted by molar-refractivity contribution is 5.22. The van der Waals surface area contributed by atoms with E-state index in [-0.39, 0.29) is 12.0 Å². The second-order valence-electron chi connectivity index (χ2n) is 5.96. The minimum atomic E-state index is -0.234. The van der Waals surface area contributed by atoms with Crippen LogP contribution in [-0.2, 0) is 11.3 Å². The summed E-state index contributed by atoms with van der Waals surface area (Å²) in [6.45, 7) is 3.23. The van der Waals surface area contributed by atoms with Crippen LogP contribution in [0.3, 0.4) is 0 Å². The summed E-state index contributed by atoms with van der Waals surface area (Å²) in [6.07, 6.45) is 4.62. The van der Waals surface area contributed by atoms with E-state index in [0.717, 1.165) is 37.4 Å². The minimum Gasteiger partial charge on any atom is -0.497 e. The molecule has 3 heterocycles. The van der Waals surface area contributed by atoms with Crippen molar-refractivity contribution < 1.29 is 14.6 Å². The molecule has 5 heteroatoms. The summed E-state index contributed by atoms with van der Waals surface area (Å²) in [7, 11) is 1.67. The van der Waals surface area contributed by atoms with Gasteiger partial charge in [0.2, 0.25) is 0 Å². The molecule has 1 N–H and O–H groups in total. The Bertz CT molecular complexity index is 469. The molecule has 0 bridgehead atoms. The van der Waals surface area contributed by atoms with Gasteiger partial charge in [0.1, 0.15) is 5.75 Å². The van der Waals surface area contributed by atoms with Crippen molar-refractivity contribution in [1.82, 2.24) is 9.88 Å². The Morgan fingerprint density at radius 3 is 3.19 bits per heavy atom. The molecule has 0 unspecified atom stereocenters. The van der Waals surface area contributed by atoms with E-state index in [4.69, 9.17) is 9.47 Å². The van der Waals surface area contributed by atoms with Crippen LogP contribution in [0.1, 0.15) is 25.0 Å². The quantitative estimate of drug-likeness (QED) is 0.910. The minimum absolute atomic E-state index is 0.229. The molecular weight excluding hydrogens is 268 g/mol. The Labute approximate surface area is 125 Å². The van der Waals surface area contributed by atoms with Crippen LogP contribution in [0.15, 0.2) is 18.3 Å². The molecule has 0 amide bonds. The van der Waals surface area contributed by atoms with Crippen molar-refractivity contribution >= 4 is 0 Å². The Morgan fingerprint density at radius 1 is 1.48 bits per heavy atom. The maximum Gasteiger partial charge on any atom is 0.122 e. The zero-order chi connectivity index (χ0) is 14.7. The van der Waals surface area contributed by atoms with E-state index in [0.29, 0.717) is 19.3 Å². The fourth-order valence-corrected chi connectivity index (χ4v) is 3.53. The van der Waals surface area contributed by atoms with Gasteiger partial charge in [-0.1, -0.05) is 0 Å². The van der Waals surface area contributed by atoms with Crippen LogP contribution in [0, 0.1) is 5.92 Å². The zero-order valence-corrected chi connectivity index (χ0v) is 12.6. The lowest BCUT2D eigenvalue weighted by Gasteiger charge is -2.36. The first-order valence-corrected chi connectivity index (χ1v) is 7.76. The van der Waals surface area contributed by atoms with Crippen LogP contribution in [0.4, 0.5) is 0 Å². The highest BCUT2D eigenvalue weighted by Gasteiger charge is 2.37. The van der Waals surface area contributed by atoms with Crippen LogP contribution in [0.2, 0.25) is 0 Å². The van der Waals surface area contributed by atoms with Crippen molar-refractivity contribution in [2.24, 2.45) is 5.92 Å². The largest absolute Gasteiger partial charge is 0.497 e. The summed E-state index contributed by atoms with van der Waals surface area (Å²) in [6, 6.07) is 4.25. The average molecular weight is 292 g/mol. The van der Waals surface area contributed by atoms with E-state index in [2.05, 4.69) is 9.88 Å². The van der Waals surface area contributed by atoms with Gasteiger partial charge < -0.3 is 14.6 Å². The van der Waals surface area contributed by atoms with Crippen LogP contribution in [0.25, 0.3) is 0 Å². The molecule has 1 aromatic heterocycles. The van der Waals surface area contributed by atoms with Crippen LogP contribution in [-0.4, -0.2) is 54.0 Å². The lowest BCUT2D eigenvalue weighted by atomic mass is 9.89. The number of aliphatic hydroxyl groups excluding tert-OH is 1. The fourth-order valence-electron chi connectivity index (χ4n) is 3.53. The van der Waals surface area contributed by atoms with Crippen molar-refractivity contribution in [1.29, 1.82) is 0 Å². The van der Waals surface area contributed by atoms with Crippen molar-refractivity contribution in [3.05, 3.63) is 24.0 Å². The molecule has 0 radical (unpaired) electrons. The lowest BCUT2D eigenvalue weighted by molar-refractivity contribution is -0.0637. The van der Waals surface area contributed by atoms with Gasteiger partial charge in [0.25, 0.3) is 0 Å². The molecule has 1 aromatic rings. The standard InChI is InChI=1S/C16H24N2O3/c1-20-13-4-6-17-12(9-13)10-18-7-2-3-15(18)14-11-21-8-5-16(14)19/h4,6,9,14-16,19H,2-3,5,7-8,10-11H2,1H3/t14-,15+,16-/m0/s1. The van der Waals surface area contributed by atoms with E-state index in [1.807, 2.05) is 12.1 Å². The van der Waals surface area contributed by atoms with E-state index in [9.17, 15) is 5.11 Å². The molecular formula is C16H24N2O3. The summed E-state index contributed by atoms with van der Waals surface area (Å²) in [4.78, 5) is 6.87. The van der Waals surface area contributed by atoms with Crippen LogP contribution >= 0.6 is 0 Å². The predicted molar refractivity (Wildman–Crippen MR) is 79.2 cm³/mol. The summed E-state index contributed by atoms with van der Waals surface area (Å²) in [5.41, 5.74) is 1.02. The smallest absolute Gasteiger partial charge is 0.122 e. The number of nitrogens with zero attached hydrogens (tertiary/aromatic N) is 2. The molecule has 2 aliphatic heterocycles. The van der Waals surface area contributed by atoms with Gasteiger partial charge in [-0.3, -0.25) is 9.88 Å². The Morgan fingerprint density at radius 2 is 2.38 bits per heavy atom. The van der Waals surface area contributed by atoms with E-state index < -0.39 is 0 Å². The summed E-state index contributed by atoms with van der Waals surface area (Å²) in [5, 5.41) is 10.3. The second-order valence-corrected chi connectivity index (χ2v) is 5.96. The van der Waals surface area contributed by atoms with E-state index in [1.165, 1.54) is 6.42 Å². The number of rotatable bonds is 4. The third kappa shape index (κ3) is 3.36. The molecule has 0 aliphatic carbocycles. The number of aromatic nitrogens is 1. The van der Waals surface area contributed by atoms with Crippen LogP contribution < -0.4 is 4.74 Å². The monoisotopic (exact) mass is 292 g/mol. The van der Waals surface area contributed by atoms with E-state index >= 15 is 0 Å². The lowest BCUT2D eigenvalue weighted by Crippen LogP contribution is -2.45. The van der Waals surface area contributed by atoms with Crippen molar-refractivity contribution in [3.63, 3.8) is 0 Å². The third-order valence-corrected chi connectivity index (χ3v) is 4.66. The maximum atomic E-state index is 10.3. The Kier molecular flexibility index (Phi) is 4.73. The number of likely N-dealkylation sites (tertiary alicyclic amines) is 1. The van der Waals surface area contributed by atoms with Crippen molar-refractivity contribution in [3.8, 4) is 5.75 Å². The highest BCUT2D eigenvalue weighted by Crippen LogP contribution is 2.31. The van der Waals surface area contributed by atoms with Crippen molar-refractivity contribution in [2.75, 3.05) is 26.9 Å². The number of methoxy groups -OCH3 is 1. The molecule has 21 heavy (non-hydrogen) atoms. The molecule has 2 fully saturated rings. The SMILES string of the molecule is COc1ccnc(CN2CCC[C@@H]2[C@@H]2COCC[C@@H]2O)c1. The normalized spacial score (nSPS) is 30.5. The molecule has 2 aliphatic rings. The maximum absolute atomic E-state index is 10.3. The highest BCUT2D eigenvalue weighted by atomic mass is 16.5. The first kappa shape index (κ1) is 14.8. The fraction of sp³-hybridized carbons (Fsp3) is 0.688. The first-order valence-electron chi connectivity index (χ1n) is 7.76. The predicted octanol–water partition coefficient (Wildman–Crippen LogP) is 1.45. The Hall–Kier alpha value is -1.17. The van der Waals surface area contributed by atoms with Gasteiger partial charge >= 0.3 is 0 Å². The third-order valence-electron chi connectivity index (χ3n) is 4.66. The Balaban J connectivity index is 1.68. The molecule has 0 spiro atoms. The molecule has 0 saturated carbocycles. The first-order chi connectivity index (χ1) is 10.3. The number of ether oxygens (including phenoxy) is 2. The zero-order valence-electron chi connectivity index (χ0n) is 12.6. The topological polar surface area (TPSA) is 54.8 Å². The molecule has 5 nitrogen and oxygen atoms in total. The molecule has 0 aromatic carbocycles. The van der Waals surface area contributed by atoms with E-state index in [1.54, 1.807) is 13.3 Å². The summed E-state index contributed by atoms with van der Waals surface area (Å²) in [5.74, 6) is 1.07. The molecule has 3 atom stereocenters. The summed E-state index contributed by atoms with van der Waals surface area (Å²) >= 11 is 0. The van der Waals surface area contributed by atoms with Crippen LogP contribution in [0.5, 0.6) is 5.75 Å². The average Bonchev–Trinajstić information content (AvgIpc) is 2.96. The van der Waals surface area contributed by atoms with Gasteiger partial charge in [-0.05, 0) is 31.9 Å². The number of hydrogen-bond acceptors (Lipinski definition) is 5.